The zero-order valence-electron chi connectivity index (χ0n) is 11.8. The second-order valence-corrected chi connectivity index (χ2v) is 6.90. The van der Waals surface area contributed by atoms with Crippen LogP contribution in [0.5, 0.6) is 0 Å². The first kappa shape index (κ1) is 12.9. The number of rotatable bonds is 3. The number of hydrogen-bond donors (Lipinski definition) is 1. The maximum atomic E-state index is 5.85. The van der Waals surface area contributed by atoms with Crippen molar-refractivity contribution in [2.75, 3.05) is 39.3 Å². The largest absolute Gasteiger partial charge is 0.378 e. The second kappa shape index (κ2) is 5.48. The summed E-state index contributed by atoms with van der Waals surface area (Å²) in [5, 5.41) is 3.51. The first-order valence-corrected chi connectivity index (χ1v) is 7.80. The van der Waals surface area contributed by atoms with E-state index in [2.05, 4.69) is 17.1 Å². The Morgan fingerprint density at radius 2 is 2.11 bits per heavy atom. The minimum Gasteiger partial charge on any atom is -0.378 e. The van der Waals surface area contributed by atoms with Crippen LogP contribution in [0.1, 0.15) is 39.0 Å². The lowest BCUT2D eigenvalue weighted by Crippen LogP contribution is -2.43. The van der Waals surface area contributed by atoms with Gasteiger partial charge in [-0.2, -0.15) is 0 Å². The van der Waals surface area contributed by atoms with Gasteiger partial charge in [0.25, 0.3) is 0 Å². The van der Waals surface area contributed by atoms with Crippen molar-refractivity contribution in [2.45, 2.75) is 45.1 Å². The van der Waals surface area contributed by atoms with Gasteiger partial charge in [-0.15, -0.1) is 0 Å². The van der Waals surface area contributed by atoms with Crippen molar-refractivity contribution in [3.63, 3.8) is 0 Å². The highest BCUT2D eigenvalue weighted by Gasteiger charge is 2.34. The van der Waals surface area contributed by atoms with Crippen molar-refractivity contribution in [1.29, 1.82) is 0 Å². The second-order valence-electron chi connectivity index (χ2n) is 6.90. The number of likely N-dealkylation sites (tertiary alicyclic amines) is 1. The fourth-order valence-corrected chi connectivity index (χ4v) is 4.00. The van der Waals surface area contributed by atoms with Gasteiger partial charge in [0.15, 0.2) is 0 Å². The van der Waals surface area contributed by atoms with Crippen LogP contribution >= 0.6 is 0 Å². The quantitative estimate of drug-likeness (QED) is 0.830. The maximum Gasteiger partial charge on any atom is 0.0605 e. The average Bonchev–Trinajstić information content (AvgIpc) is 3.02. The molecule has 18 heavy (non-hydrogen) atoms. The zero-order chi connectivity index (χ0) is 12.4. The molecule has 3 nitrogen and oxygen atoms in total. The lowest BCUT2D eigenvalue weighted by Gasteiger charge is -2.38. The van der Waals surface area contributed by atoms with E-state index in [1.165, 1.54) is 64.8 Å². The van der Waals surface area contributed by atoms with Crippen LogP contribution in [0.4, 0.5) is 0 Å². The maximum absolute atomic E-state index is 5.85. The Morgan fingerprint density at radius 1 is 1.28 bits per heavy atom. The SMILES string of the molecule is CC1(CN2CCC(C3CCCO3)CC2)CCNC1. The van der Waals surface area contributed by atoms with E-state index >= 15 is 0 Å². The van der Waals surface area contributed by atoms with E-state index < -0.39 is 0 Å². The van der Waals surface area contributed by atoms with Crippen molar-refractivity contribution in [3.05, 3.63) is 0 Å². The molecule has 1 N–H and O–H groups in total. The first-order chi connectivity index (χ1) is 8.75. The molecule has 0 aliphatic carbocycles. The highest BCUT2D eigenvalue weighted by atomic mass is 16.5. The van der Waals surface area contributed by atoms with E-state index in [1.54, 1.807) is 0 Å². The summed E-state index contributed by atoms with van der Waals surface area (Å²) >= 11 is 0. The highest BCUT2D eigenvalue weighted by molar-refractivity contribution is 4.89. The van der Waals surface area contributed by atoms with E-state index in [1.807, 2.05) is 0 Å². The fraction of sp³-hybridized carbons (Fsp3) is 1.00. The number of nitrogens with zero attached hydrogens (tertiary/aromatic N) is 1. The normalized spacial score (nSPS) is 39.5. The molecular formula is C15H28N2O. The van der Waals surface area contributed by atoms with Crippen LogP contribution in [0.15, 0.2) is 0 Å². The third kappa shape index (κ3) is 2.89. The summed E-state index contributed by atoms with van der Waals surface area (Å²) in [5.41, 5.74) is 0.524. The Morgan fingerprint density at radius 3 is 2.72 bits per heavy atom. The molecule has 3 fully saturated rings. The van der Waals surface area contributed by atoms with Crippen LogP contribution in [-0.2, 0) is 4.74 Å². The Kier molecular flexibility index (Phi) is 3.92. The van der Waals surface area contributed by atoms with Crippen LogP contribution in [0.25, 0.3) is 0 Å². The number of hydrogen-bond acceptors (Lipinski definition) is 3. The minimum atomic E-state index is 0.524. The van der Waals surface area contributed by atoms with Gasteiger partial charge in [0.2, 0.25) is 0 Å². The monoisotopic (exact) mass is 252 g/mol. The third-order valence-electron chi connectivity index (χ3n) is 5.19. The van der Waals surface area contributed by atoms with E-state index in [-0.39, 0.29) is 0 Å². The molecule has 104 valence electrons. The number of nitrogens with one attached hydrogen (secondary N) is 1. The molecule has 3 rings (SSSR count). The van der Waals surface area contributed by atoms with E-state index in [0.717, 1.165) is 12.5 Å². The molecule has 0 radical (unpaired) electrons. The van der Waals surface area contributed by atoms with Crippen molar-refractivity contribution < 1.29 is 4.74 Å². The summed E-state index contributed by atoms with van der Waals surface area (Å²) < 4.78 is 5.85. The summed E-state index contributed by atoms with van der Waals surface area (Å²) in [6, 6.07) is 0. The van der Waals surface area contributed by atoms with Gasteiger partial charge in [-0.25, -0.2) is 0 Å². The summed E-state index contributed by atoms with van der Waals surface area (Å²) in [7, 11) is 0. The lowest BCUT2D eigenvalue weighted by atomic mass is 9.86. The first-order valence-electron chi connectivity index (χ1n) is 7.80. The van der Waals surface area contributed by atoms with Crippen molar-refractivity contribution in [1.82, 2.24) is 10.2 Å². The van der Waals surface area contributed by atoms with Crippen molar-refractivity contribution in [2.24, 2.45) is 11.3 Å². The number of piperidine rings is 1. The Balaban J connectivity index is 1.45. The fourth-order valence-electron chi connectivity index (χ4n) is 4.00. The summed E-state index contributed by atoms with van der Waals surface area (Å²) in [4.78, 5) is 2.69. The summed E-state index contributed by atoms with van der Waals surface area (Å²) in [6.45, 7) is 9.74. The van der Waals surface area contributed by atoms with Crippen LogP contribution < -0.4 is 5.32 Å². The molecule has 2 unspecified atom stereocenters. The molecule has 0 saturated carbocycles. The van der Waals surface area contributed by atoms with Gasteiger partial charge in [-0.05, 0) is 63.1 Å². The van der Waals surface area contributed by atoms with Crippen molar-refractivity contribution in [3.8, 4) is 0 Å². The molecule has 0 aromatic heterocycles. The predicted octanol–water partition coefficient (Wildman–Crippen LogP) is 1.88. The molecule has 0 spiro atoms. The summed E-state index contributed by atoms with van der Waals surface area (Å²) in [6.07, 6.45) is 7.25. The summed E-state index contributed by atoms with van der Waals surface area (Å²) in [5.74, 6) is 0.846. The zero-order valence-corrected chi connectivity index (χ0v) is 11.8. The molecule has 0 aromatic carbocycles. The molecule has 3 saturated heterocycles. The van der Waals surface area contributed by atoms with Crippen LogP contribution in [0, 0.1) is 11.3 Å². The molecule has 0 bridgehead atoms. The molecule has 3 heterocycles. The molecular weight excluding hydrogens is 224 g/mol. The van der Waals surface area contributed by atoms with E-state index in [0.29, 0.717) is 11.5 Å². The molecule has 2 atom stereocenters. The number of ether oxygens (including phenoxy) is 1. The van der Waals surface area contributed by atoms with Gasteiger partial charge in [0, 0.05) is 19.7 Å². The topological polar surface area (TPSA) is 24.5 Å². The van der Waals surface area contributed by atoms with Crippen LogP contribution in [-0.4, -0.2) is 50.3 Å². The van der Waals surface area contributed by atoms with E-state index in [9.17, 15) is 0 Å². The molecule has 3 aliphatic rings. The van der Waals surface area contributed by atoms with Crippen LogP contribution in [0.2, 0.25) is 0 Å². The molecule has 0 aromatic rings. The Labute approximate surface area is 111 Å². The molecule has 0 amide bonds. The standard InChI is InChI=1S/C15H28N2O/c1-15(6-7-16-11-15)12-17-8-4-13(5-9-17)14-3-2-10-18-14/h13-14,16H,2-12H2,1H3. The molecule has 3 aliphatic heterocycles. The Bertz CT molecular complexity index is 262. The average molecular weight is 252 g/mol. The van der Waals surface area contributed by atoms with Gasteiger partial charge in [0.05, 0.1) is 6.10 Å². The highest BCUT2D eigenvalue weighted by Crippen LogP contribution is 2.31. The van der Waals surface area contributed by atoms with Gasteiger partial charge in [-0.3, -0.25) is 0 Å². The van der Waals surface area contributed by atoms with Gasteiger partial charge < -0.3 is 15.0 Å². The van der Waals surface area contributed by atoms with Gasteiger partial charge in [0.1, 0.15) is 0 Å². The van der Waals surface area contributed by atoms with E-state index in [4.69, 9.17) is 4.74 Å². The Hall–Kier alpha value is -0.120. The minimum absolute atomic E-state index is 0.524. The lowest BCUT2D eigenvalue weighted by molar-refractivity contribution is 0.0251. The van der Waals surface area contributed by atoms with Gasteiger partial charge >= 0.3 is 0 Å². The smallest absolute Gasteiger partial charge is 0.0605 e. The van der Waals surface area contributed by atoms with Crippen molar-refractivity contribution >= 4 is 0 Å². The van der Waals surface area contributed by atoms with Crippen LogP contribution in [0.3, 0.4) is 0 Å². The van der Waals surface area contributed by atoms with Gasteiger partial charge in [-0.1, -0.05) is 6.92 Å². The third-order valence-corrected chi connectivity index (χ3v) is 5.19. The predicted molar refractivity (Wildman–Crippen MR) is 73.7 cm³/mol. The molecule has 3 heteroatoms.